The second-order valence-corrected chi connectivity index (χ2v) is 5.73. The Morgan fingerprint density at radius 2 is 1.82 bits per heavy atom. The maximum Gasteiger partial charge on any atom is 0.223 e. The molecule has 0 radical (unpaired) electrons. The van der Waals surface area contributed by atoms with Gasteiger partial charge in [0.25, 0.3) is 0 Å². The molecule has 118 valence electrons. The van der Waals surface area contributed by atoms with Gasteiger partial charge in [0.1, 0.15) is 0 Å². The van der Waals surface area contributed by atoms with Gasteiger partial charge in [-0.2, -0.15) is 4.98 Å². The molecule has 1 fully saturated rings. The van der Waals surface area contributed by atoms with E-state index in [2.05, 4.69) is 19.9 Å². The van der Waals surface area contributed by atoms with Gasteiger partial charge < -0.3 is 9.63 Å². The average molecular weight is 302 g/mol. The predicted octanol–water partition coefficient (Wildman–Crippen LogP) is 1.23. The molecule has 0 aliphatic carbocycles. The van der Waals surface area contributed by atoms with E-state index >= 15 is 0 Å². The summed E-state index contributed by atoms with van der Waals surface area (Å²) < 4.78 is 5.00. The molecule has 0 bridgehead atoms. The summed E-state index contributed by atoms with van der Waals surface area (Å²) >= 11 is 0. The molecule has 1 aliphatic heterocycles. The predicted molar refractivity (Wildman–Crippen MR) is 82.2 cm³/mol. The monoisotopic (exact) mass is 302 g/mol. The number of piperazine rings is 1. The topological polar surface area (TPSA) is 65.6 Å². The first kappa shape index (κ1) is 15.1. The molecule has 22 heavy (non-hydrogen) atoms. The lowest BCUT2D eigenvalue weighted by Crippen LogP contribution is -2.47. The van der Waals surface area contributed by atoms with Crippen molar-refractivity contribution >= 4 is 0 Å². The Balaban J connectivity index is 1.45. The summed E-state index contributed by atoms with van der Waals surface area (Å²) in [5.74, 6) is 1.36. The molecule has 1 aliphatic rings. The van der Waals surface area contributed by atoms with Crippen LogP contribution in [0.15, 0.2) is 34.9 Å². The molecule has 0 saturated carbocycles. The van der Waals surface area contributed by atoms with Crippen LogP contribution in [0.4, 0.5) is 0 Å². The minimum absolute atomic E-state index is 0.424. The van der Waals surface area contributed by atoms with Crippen LogP contribution in [-0.2, 0) is 6.54 Å². The highest BCUT2D eigenvalue weighted by Gasteiger charge is 2.21. The fourth-order valence-electron chi connectivity index (χ4n) is 2.76. The first-order chi connectivity index (χ1) is 10.7. The SMILES string of the molecule is Cc1nc(CN2CCN(C[C@H](O)c3ccccc3)CC2)no1. The van der Waals surface area contributed by atoms with Gasteiger partial charge in [-0.25, -0.2) is 0 Å². The van der Waals surface area contributed by atoms with Crippen LogP contribution in [0.25, 0.3) is 0 Å². The van der Waals surface area contributed by atoms with E-state index in [0.717, 1.165) is 44.1 Å². The Bertz CT molecular complexity index is 579. The highest BCUT2D eigenvalue weighted by Crippen LogP contribution is 2.15. The van der Waals surface area contributed by atoms with Crippen LogP contribution in [0.3, 0.4) is 0 Å². The zero-order chi connectivity index (χ0) is 15.4. The van der Waals surface area contributed by atoms with Crippen molar-refractivity contribution in [2.45, 2.75) is 19.6 Å². The van der Waals surface area contributed by atoms with E-state index in [0.29, 0.717) is 12.4 Å². The van der Waals surface area contributed by atoms with Crippen LogP contribution in [-0.4, -0.2) is 57.8 Å². The van der Waals surface area contributed by atoms with Crippen LogP contribution < -0.4 is 0 Å². The summed E-state index contributed by atoms with van der Waals surface area (Å²) in [5, 5.41) is 14.2. The molecule has 2 aromatic rings. The maximum atomic E-state index is 10.3. The Hall–Kier alpha value is -1.76. The van der Waals surface area contributed by atoms with E-state index in [1.165, 1.54) is 0 Å². The zero-order valence-electron chi connectivity index (χ0n) is 12.9. The lowest BCUT2D eigenvalue weighted by atomic mass is 10.1. The largest absolute Gasteiger partial charge is 0.387 e. The van der Waals surface area contributed by atoms with Crippen LogP contribution in [0.1, 0.15) is 23.4 Å². The van der Waals surface area contributed by atoms with Gasteiger partial charge >= 0.3 is 0 Å². The molecular weight excluding hydrogens is 280 g/mol. The van der Waals surface area contributed by atoms with E-state index in [1.54, 1.807) is 6.92 Å². The number of nitrogens with zero attached hydrogens (tertiary/aromatic N) is 4. The third kappa shape index (κ3) is 3.91. The molecule has 6 heteroatoms. The number of rotatable bonds is 5. The lowest BCUT2D eigenvalue weighted by molar-refractivity contribution is 0.0690. The highest BCUT2D eigenvalue weighted by atomic mass is 16.5. The van der Waals surface area contributed by atoms with Crippen molar-refractivity contribution in [2.75, 3.05) is 32.7 Å². The maximum absolute atomic E-state index is 10.3. The quantitative estimate of drug-likeness (QED) is 0.896. The Morgan fingerprint density at radius 1 is 1.14 bits per heavy atom. The van der Waals surface area contributed by atoms with Crippen molar-refractivity contribution in [2.24, 2.45) is 0 Å². The molecule has 0 unspecified atom stereocenters. The molecule has 1 aromatic heterocycles. The van der Waals surface area contributed by atoms with Crippen molar-refractivity contribution in [3.63, 3.8) is 0 Å². The number of hydrogen-bond donors (Lipinski definition) is 1. The van der Waals surface area contributed by atoms with Crippen molar-refractivity contribution in [3.8, 4) is 0 Å². The lowest BCUT2D eigenvalue weighted by Gasteiger charge is -2.35. The van der Waals surface area contributed by atoms with Crippen LogP contribution in [0, 0.1) is 6.92 Å². The van der Waals surface area contributed by atoms with Gasteiger partial charge in [-0.1, -0.05) is 35.5 Å². The number of aromatic nitrogens is 2. The molecule has 6 nitrogen and oxygen atoms in total. The van der Waals surface area contributed by atoms with Gasteiger partial charge in [0.15, 0.2) is 5.82 Å². The van der Waals surface area contributed by atoms with Gasteiger partial charge in [0.2, 0.25) is 5.89 Å². The molecule has 1 N–H and O–H groups in total. The fourth-order valence-corrected chi connectivity index (χ4v) is 2.76. The normalized spacial score (nSPS) is 18.5. The number of aryl methyl sites for hydroxylation is 1. The first-order valence-electron chi connectivity index (χ1n) is 7.67. The van der Waals surface area contributed by atoms with Crippen LogP contribution >= 0.6 is 0 Å². The summed E-state index contributed by atoms with van der Waals surface area (Å²) in [5.41, 5.74) is 0.979. The first-order valence-corrected chi connectivity index (χ1v) is 7.67. The molecule has 0 spiro atoms. The van der Waals surface area contributed by atoms with Crippen LogP contribution in [0.5, 0.6) is 0 Å². The number of hydrogen-bond acceptors (Lipinski definition) is 6. The molecule has 3 rings (SSSR count). The fraction of sp³-hybridized carbons (Fsp3) is 0.500. The van der Waals surface area contributed by atoms with E-state index in [9.17, 15) is 5.11 Å². The van der Waals surface area contributed by atoms with Crippen molar-refractivity contribution in [1.82, 2.24) is 19.9 Å². The van der Waals surface area contributed by atoms with E-state index < -0.39 is 6.10 Å². The second kappa shape index (κ2) is 7.00. The summed E-state index contributed by atoms with van der Waals surface area (Å²) in [4.78, 5) is 8.86. The number of aliphatic hydroxyl groups is 1. The van der Waals surface area contributed by atoms with Gasteiger partial charge in [0.05, 0.1) is 12.6 Å². The second-order valence-electron chi connectivity index (χ2n) is 5.73. The molecule has 1 aromatic carbocycles. The van der Waals surface area contributed by atoms with Gasteiger partial charge in [-0.3, -0.25) is 9.80 Å². The van der Waals surface area contributed by atoms with Gasteiger partial charge in [-0.15, -0.1) is 0 Å². The average Bonchev–Trinajstić information content (AvgIpc) is 2.95. The summed E-state index contributed by atoms with van der Waals surface area (Å²) in [6, 6.07) is 9.83. The minimum Gasteiger partial charge on any atom is -0.387 e. The molecular formula is C16H22N4O2. The zero-order valence-corrected chi connectivity index (χ0v) is 12.9. The van der Waals surface area contributed by atoms with Crippen molar-refractivity contribution in [3.05, 3.63) is 47.6 Å². The third-order valence-electron chi connectivity index (χ3n) is 4.02. The number of β-amino-alcohol motifs (C(OH)–C–C–N with tert-alkyl or cyclic N) is 1. The minimum atomic E-state index is -0.424. The Labute approximate surface area is 130 Å². The smallest absolute Gasteiger partial charge is 0.223 e. The van der Waals surface area contributed by atoms with Gasteiger partial charge in [0, 0.05) is 39.6 Å². The number of aliphatic hydroxyl groups excluding tert-OH is 1. The van der Waals surface area contributed by atoms with Crippen LogP contribution in [0.2, 0.25) is 0 Å². The van der Waals surface area contributed by atoms with E-state index in [1.807, 2.05) is 30.3 Å². The summed E-state index contributed by atoms with van der Waals surface area (Å²) in [7, 11) is 0. The van der Waals surface area contributed by atoms with E-state index in [-0.39, 0.29) is 0 Å². The van der Waals surface area contributed by atoms with E-state index in [4.69, 9.17) is 4.52 Å². The summed E-state index contributed by atoms with van der Waals surface area (Å²) in [6.07, 6.45) is -0.424. The number of benzene rings is 1. The van der Waals surface area contributed by atoms with Crippen molar-refractivity contribution in [1.29, 1.82) is 0 Å². The Kier molecular flexibility index (Phi) is 4.82. The third-order valence-corrected chi connectivity index (χ3v) is 4.02. The molecule has 1 saturated heterocycles. The standard InChI is InChI=1S/C16H22N4O2/c1-13-17-16(18-22-13)12-20-9-7-19(8-10-20)11-15(21)14-5-3-2-4-6-14/h2-6,15,21H,7-12H2,1H3/t15-/m0/s1. The molecule has 0 amide bonds. The molecule has 2 heterocycles. The van der Waals surface area contributed by atoms with Crippen molar-refractivity contribution < 1.29 is 9.63 Å². The van der Waals surface area contributed by atoms with Gasteiger partial charge in [-0.05, 0) is 5.56 Å². The Morgan fingerprint density at radius 3 is 2.45 bits per heavy atom. The molecule has 1 atom stereocenters. The summed E-state index contributed by atoms with van der Waals surface area (Å²) in [6.45, 7) is 7.01. The highest BCUT2D eigenvalue weighted by molar-refractivity contribution is 5.17.